The van der Waals surface area contributed by atoms with Gasteiger partial charge in [-0.25, -0.2) is 0 Å². The van der Waals surface area contributed by atoms with E-state index in [0.29, 0.717) is 26.3 Å². The van der Waals surface area contributed by atoms with Gasteiger partial charge < -0.3 is 25.2 Å². The molecule has 7 heteroatoms. The highest BCUT2D eigenvalue weighted by atomic mass is 127. The molecule has 166 valence electrons. The van der Waals surface area contributed by atoms with Crippen LogP contribution in [-0.2, 0) is 10.2 Å². The molecule has 1 saturated heterocycles. The molecule has 0 spiro atoms. The maximum absolute atomic E-state index is 9.36. The first-order valence-corrected chi connectivity index (χ1v) is 10.3. The van der Waals surface area contributed by atoms with Crippen molar-refractivity contribution in [1.29, 1.82) is 0 Å². The van der Waals surface area contributed by atoms with Gasteiger partial charge in [0.15, 0.2) is 5.96 Å². The summed E-state index contributed by atoms with van der Waals surface area (Å²) in [6, 6.07) is 8.28. The minimum absolute atomic E-state index is 0. The van der Waals surface area contributed by atoms with Crippen LogP contribution in [0, 0.1) is 5.41 Å². The fourth-order valence-corrected chi connectivity index (χ4v) is 3.27. The van der Waals surface area contributed by atoms with Crippen molar-refractivity contribution in [1.82, 2.24) is 10.6 Å². The summed E-state index contributed by atoms with van der Waals surface area (Å²) in [7, 11) is 0. The molecule has 0 aromatic heterocycles. The number of aliphatic hydroxyl groups is 1. The van der Waals surface area contributed by atoms with Crippen molar-refractivity contribution < 1.29 is 14.6 Å². The molecule has 1 fully saturated rings. The third-order valence-electron chi connectivity index (χ3n) is 5.11. The van der Waals surface area contributed by atoms with E-state index in [1.165, 1.54) is 5.56 Å². The van der Waals surface area contributed by atoms with Crippen LogP contribution in [-0.4, -0.2) is 57.1 Å². The van der Waals surface area contributed by atoms with Crippen molar-refractivity contribution in [2.75, 3.05) is 46.1 Å². The molecule has 0 saturated carbocycles. The van der Waals surface area contributed by atoms with Gasteiger partial charge in [0.1, 0.15) is 12.4 Å². The second kappa shape index (κ2) is 12.6. The van der Waals surface area contributed by atoms with Crippen molar-refractivity contribution in [3.05, 3.63) is 29.8 Å². The molecule has 1 aromatic carbocycles. The summed E-state index contributed by atoms with van der Waals surface area (Å²) < 4.78 is 11.5. The van der Waals surface area contributed by atoms with Crippen LogP contribution in [0.1, 0.15) is 46.1 Å². The quantitative estimate of drug-likeness (QED) is 0.202. The highest BCUT2D eigenvalue weighted by Crippen LogP contribution is 2.32. The number of rotatable bonds is 9. The number of hydrogen-bond acceptors (Lipinski definition) is 4. The van der Waals surface area contributed by atoms with Gasteiger partial charge in [-0.15, -0.1) is 24.0 Å². The van der Waals surface area contributed by atoms with Crippen molar-refractivity contribution in [3.63, 3.8) is 0 Å². The summed E-state index contributed by atoms with van der Waals surface area (Å²) in [5.74, 6) is 1.67. The van der Waals surface area contributed by atoms with Crippen molar-refractivity contribution in [2.24, 2.45) is 10.4 Å². The first-order chi connectivity index (χ1) is 13.4. The van der Waals surface area contributed by atoms with Crippen LogP contribution in [0.15, 0.2) is 29.3 Å². The van der Waals surface area contributed by atoms with Gasteiger partial charge in [-0.1, -0.05) is 32.9 Å². The third-order valence-corrected chi connectivity index (χ3v) is 5.11. The Labute approximate surface area is 192 Å². The van der Waals surface area contributed by atoms with E-state index >= 15 is 0 Å². The number of benzene rings is 1. The normalized spacial score (nSPS) is 19.6. The van der Waals surface area contributed by atoms with Crippen molar-refractivity contribution >= 4 is 29.9 Å². The average Bonchev–Trinajstić information content (AvgIpc) is 3.12. The fraction of sp³-hybridized carbons (Fsp3) is 0.682. The molecular weight excluding hydrogens is 481 g/mol. The zero-order chi connectivity index (χ0) is 20.5. The van der Waals surface area contributed by atoms with Crippen LogP contribution in [0.4, 0.5) is 0 Å². The van der Waals surface area contributed by atoms with Gasteiger partial charge in [0.05, 0.1) is 19.7 Å². The zero-order valence-electron chi connectivity index (χ0n) is 18.3. The Bertz CT molecular complexity index is 626. The van der Waals surface area contributed by atoms with E-state index in [9.17, 15) is 5.11 Å². The van der Waals surface area contributed by atoms with Crippen LogP contribution in [0.2, 0.25) is 0 Å². The molecule has 6 nitrogen and oxygen atoms in total. The van der Waals surface area contributed by atoms with Gasteiger partial charge >= 0.3 is 0 Å². The third kappa shape index (κ3) is 8.68. The summed E-state index contributed by atoms with van der Waals surface area (Å²) >= 11 is 0. The van der Waals surface area contributed by atoms with E-state index in [-0.39, 0.29) is 41.4 Å². The number of nitrogens with one attached hydrogen (secondary N) is 2. The molecule has 29 heavy (non-hydrogen) atoms. The second-order valence-corrected chi connectivity index (χ2v) is 8.52. The predicted molar refractivity (Wildman–Crippen MR) is 130 cm³/mol. The Morgan fingerprint density at radius 2 is 2.10 bits per heavy atom. The van der Waals surface area contributed by atoms with Crippen LogP contribution >= 0.6 is 24.0 Å². The molecule has 0 aliphatic carbocycles. The molecule has 1 unspecified atom stereocenters. The number of aliphatic hydroxyl groups excluding tert-OH is 1. The molecule has 1 atom stereocenters. The lowest BCUT2D eigenvalue weighted by Crippen LogP contribution is -2.40. The highest BCUT2D eigenvalue weighted by Gasteiger charge is 2.34. The molecule has 2 rings (SSSR count). The largest absolute Gasteiger partial charge is 0.492 e. The number of aliphatic imine (C=N–C) groups is 1. The lowest BCUT2D eigenvalue weighted by Gasteiger charge is -2.24. The van der Waals surface area contributed by atoms with Crippen LogP contribution < -0.4 is 15.4 Å². The van der Waals surface area contributed by atoms with E-state index in [0.717, 1.165) is 37.7 Å². The number of halogens is 1. The van der Waals surface area contributed by atoms with Gasteiger partial charge in [-0.2, -0.15) is 0 Å². The summed E-state index contributed by atoms with van der Waals surface area (Å²) in [6.45, 7) is 12.9. The van der Waals surface area contributed by atoms with Crippen LogP contribution in [0.3, 0.4) is 0 Å². The summed E-state index contributed by atoms with van der Waals surface area (Å²) in [5, 5.41) is 16.0. The first-order valence-electron chi connectivity index (χ1n) is 10.3. The minimum Gasteiger partial charge on any atom is -0.492 e. The van der Waals surface area contributed by atoms with E-state index < -0.39 is 0 Å². The zero-order valence-corrected chi connectivity index (χ0v) is 20.6. The molecular formula is C22H38IN3O3. The van der Waals surface area contributed by atoms with Crippen molar-refractivity contribution in [3.8, 4) is 5.75 Å². The highest BCUT2D eigenvalue weighted by molar-refractivity contribution is 14.0. The molecule has 0 radical (unpaired) electrons. The predicted octanol–water partition coefficient (Wildman–Crippen LogP) is 3.33. The Morgan fingerprint density at radius 1 is 1.31 bits per heavy atom. The second-order valence-electron chi connectivity index (χ2n) is 8.52. The number of hydrogen-bond donors (Lipinski definition) is 3. The lowest BCUT2D eigenvalue weighted by molar-refractivity contribution is 0.131. The van der Waals surface area contributed by atoms with Crippen molar-refractivity contribution in [2.45, 2.75) is 46.0 Å². The summed E-state index contributed by atoms with van der Waals surface area (Å²) in [6.07, 6.45) is 1.67. The van der Waals surface area contributed by atoms with Gasteiger partial charge in [-0.3, -0.25) is 4.99 Å². The maximum atomic E-state index is 9.36. The van der Waals surface area contributed by atoms with Crippen LogP contribution in [0.5, 0.6) is 5.75 Å². The van der Waals surface area contributed by atoms with E-state index in [1.807, 2.05) is 19.1 Å². The van der Waals surface area contributed by atoms with Gasteiger partial charge in [-0.05, 0) is 42.9 Å². The Kier molecular flexibility index (Phi) is 11.3. The van der Waals surface area contributed by atoms with E-state index in [2.05, 4.69) is 43.5 Å². The Balaban J connectivity index is 0.00000420. The SMILES string of the molecule is CCNC(=NCC1(CCO)CCOC1)NCCOc1cccc(C(C)(C)C)c1.I. The molecule has 1 aliphatic heterocycles. The van der Waals surface area contributed by atoms with E-state index in [1.54, 1.807) is 0 Å². The number of guanidine groups is 1. The molecule has 3 N–H and O–H groups in total. The first kappa shape index (κ1) is 26.0. The fourth-order valence-electron chi connectivity index (χ4n) is 3.27. The summed E-state index contributed by atoms with van der Waals surface area (Å²) in [5.41, 5.74) is 1.33. The number of nitrogens with zero attached hydrogens (tertiary/aromatic N) is 1. The van der Waals surface area contributed by atoms with Gasteiger partial charge in [0.25, 0.3) is 0 Å². The van der Waals surface area contributed by atoms with Crippen LogP contribution in [0.25, 0.3) is 0 Å². The van der Waals surface area contributed by atoms with Gasteiger partial charge in [0.2, 0.25) is 0 Å². The molecule has 0 amide bonds. The molecule has 1 aliphatic rings. The topological polar surface area (TPSA) is 75.1 Å². The number of ether oxygens (including phenoxy) is 2. The monoisotopic (exact) mass is 519 g/mol. The average molecular weight is 519 g/mol. The van der Waals surface area contributed by atoms with Gasteiger partial charge in [0, 0.05) is 25.2 Å². The Hall–Kier alpha value is -1.06. The van der Waals surface area contributed by atoms with E-state index in [4.69, 9.17) is 14.5 Å². The smallest absolute Gasteiger partial charge is 0.191 e. The molecule has 1 heterocycles. The standard InChI is InChI=1S/C22H37N3O3.HI/c1-5-23-20(25-16-22(9-12-26)10-13-27-17-22)24-11-14-28-19-8-6-7-18(15-19)21(2,3)4;/h6-8,15,26H,5,9-14,16-17H2,1-4H3,(H2,23,24,25);1H. The molecule has 1 aromatic rings. The molecule has 0 bridgehead atoms. The Morgan fingerprint density at radius 3 is 2.72 bits per heavy atom. The summed E-state index contributed by atoms with van der Waals surface area (Å²) in [4.78, 5) is 4.72. The lowest BCUT2D eigenvalue weighted by atomic mass is 9.84. The minimum atomic E-state index is -0.0407. The maximum Gasteiger partial charge on any atom is 0.191 e.